The highest BCUT2D eigenvalue weighted by Gasteiger charge is 2.54. The molecule has 3 rings (SSSR count). The van der Waals surface area contributed by atoms with Crippen LogP contribution in [0.4, 0.5) is 5.82 Å². The van der Waals surface area contributed by atoms with Gasteiger partial charge in [-0.3, -0.25) is 13.9 Å². The van der Waals surface area contributed by atoms with Crippen molar-refractivity contribution in [2.75, 3.05) is 18.9 Å². The number of nitrogens with one attached hydrogen (secondary N) is 1. The van der Waals surface area contributed by atoms with Crippen LogP contribution in [0.3, 0.4) is 0 Å². The van der Waals surface area contributed by atoms with Crippen molar-refractivity contribution in [3.63, 3.8) is 0 Å². The van der Waals surface area contributed by atoms with Crippen LogP contribution in [-0.4, -0.2) is 62.8 Å². The zero-order valence-electron chi connectivity index (χ0n) is 24.1. The third-order valence-corrected chi connectivity index (χ3v) is 8.13. The molecule has 13 nitrogen and oxygen atoms in total. The lowest BCUT2D eigenvalue weighted by atomic mass is 9.96. The Kier molecular flexibility index (Phi) is 10.7. The summed E-state index contributed by atoms with van der Waals surface area (Å²) in [7, 11) is -4.18. The standard InChI is InChI=1S/C27H41N4O9P/c1-6-7-11-18(16-37-24(33)26(2,3)4)30-41(36,40-19-12-9-8-10-13-19)38-17-20-22(32)27(5,35)23(39-20)31-15-14-21(28)29-25(31)34/h8-10,12-15,18,20,22-23,32,35H,6-7,11,16-17H2,1-5H3,(H,30,36)(H2,28,29,34)/t18-,20+,22+,23+,27+,41?/m0/s1. The number of aromatic nitrogens is 2. The van der Waals surface area contributed by atoms with Gasteiger partial charge in [0.05, 0.1) is 18.1 Å². The van der Waals surface area contributed by atoms with Gasteiger partial charge in [-0.1, -0.05) is 38.0 Å². The van der Waals surface area contributed by atoms with E-state index in [-0.39, 0.29) is 18.2 Å². The van der Waals surface area contributed by atoms with Gasteiger partial charge in [-0.25, -0.2) is 14.4 Å². The summed E-state index contributed by atoms with van der Waals surface area (Å²) >= 11 is 0. The van der Waals surface area contributed by atoms with Gasteiger partial charge in [0.15, 0.2) is 6.23 Å². The lowest BCUT2D eigenvalue weighted by Crippen LogP contribution is -2.46. The molecular formula is C27H41N4O9P. The van der Waals surface area contributed by atoms with E-state index in [2.05, 4.69) is 10.1 Å². The summed E-state index contributed by atoms with van der Waals surface area (Å²) in [4.78, 5) is 28.4. The fraction of sp³-hybridized carbons (Fsp3) is 0.593. The SMILES string of the molecule is CCCC[C@@H](COC(=O)C(C)(C)C)NP(=O)(OC[C@H]1O[C@@H](n2ccc(N)nc2=O)[C@](C)(O)[C@@H]1O)Oc1ccccc1. The van der Waals surface area contributed by atoms with E-state index >= 15 is 0 Å². The lowest BCUT2D eigenvalue weighted by molar-refractivity contribution is -0.153. The number of hydrogen-bond acceptors (Lipinski definition) is 11. The van der Waals surface area contributed by atoms with E-state index in [1.165, 1.54) is 19.2 Å². The number of aliphatic hydroxyl groups excluding tert-OH is 1. The Morgan fingerprint density at radius 1 is 1.29 bits per heavy atom. The summed E-state index contributed by atoms with van der Waals surface area (Å²) in [5.74, 6) is -0.176. The Labute approximate surface area is 239 Å². The second kappa shape index (κ2) is 13.5. The number of carbonyl (C=O) groups is 1. The number of anilines is 1. The third-order valence-electron chi connectivity index (χ3n) is 6.51. The second-order valence-corrected chi connectivity index (χ2v) is 12.9. The summed E-state index contributed by atoms with van der Waals surface area (Å²) in [5.41, 5.74) is 2.12. The fourth-order valence-corrected chi connectivity index (χ4v) is 5.69. The summed E-state index contributed by atoms with van der Waals surface area (Å²) in [6.07, 6.45) is -0.687. The molecule has 0 saturated carbocycles. The molecular weight excluding hydrogens is 555 g/mol. The normalized spacial score (nSPS) is 24.9. The largest absolute Gasteiger partial charge is 0.464 e. The minimum atomic E-state index is -4.18. The molecule has 0 radical (unpaired) electrons. The molecule has 0 bridgehead atoms. The van der Waals surface area contributed by atoms with Crippen molar-refractivity contribution in [2.24, 2.45) is 5.41 Å². The average Bonchev–Trinajstić information content (AvgIpc) is 3.12. The van der Waals surface area contributed by atoms with Gasteiger partial charge in [0, 0.05) is 6.20 Å². The molecule has 0 amide bonds. The lowest BCUT2D eigenvalue weighted by Gasteiger charge is -2.28. The molecule has 1 saturated heterocycles. The molecule has 6 atom stereocenters. The highest BCUT2D eigenvalue weighted by atomic mass is 31.2. The van der Waals surface area contributed by atoms with Crippen LogP contribution in [0.5, 0.6) is 5.75 Å². The zero-order valence-corrected chi connectivity index (χ0v) is 25.0. The summed E-state index contributed by atoms with van der Waals surface area (Å²) in [5, 5.41) is 24.8. The highest BCUT2D eigenvalue weighted by Crippen LogP contribution is 2.47. The zero-order chi connectivity index (χ0) is 30.4. The Morgan fingerprint density at radius 3 is 2.59 bits per heavy atom. The quantitative estimate of drug-likeness (QED) is 0.196. The monoisotopic (exact) mass is 596 g/mol. The molecule has 2 heterocycles. The van der Waals surface area contributed by atoms with Crippen molar-refractivity contribution < 1.29 is 38.1 Å². The molecule has 1 fully saturated rings. The molecule has 228 valence electrons. The Hall–Kier alpha value is -2.80. The molecule has 1 aliphatic rings. The van der Waals surface area contributed by atoms with Gasteiger partial charge in [0.25, 0.3) is 0 Å². The minimum absolute atomic E-state index is 0.0137. The maximum absolute atomic E-state index is 14.1. The number of nitrogen functional groups attached to an aromatic ring is 1. The minimum Gasteiger partial charge on any atom is -0.464 e. The number of hydrogen-bond donors (Lipinski definition) is 4. The fourth-order valence-electron chi connectivity index (χ4n) is 4.12. The van der Waals surface area contributed by atoms with E-state index in [0.717, 1.165) is 17.4 Å². The first kappa shape index (κ1) is 32.7. The molecule has 2 aromatic rings. The van der Waals surface area contributed by atoms with E-state index in [4.69, 9.17) is 24.3 Å². The van der Waals surface area contributed by atoms with Crippen LogP contribution in [0.15, 0.2) is 47.4 Å². The molecule has 1 aromatic carbocycles. The summed E-state index contributed by atoms with van der Waals surface area (Å²) in [6.45, 7) is 7.95. The van der Waals surface area contributed by atoms with Crippen LogP contribution >= 0.6 is 7.75 Å². The number of carbonyl (C=O) groups excluding carboxylic acids is 1. The van der Waals surface area contributed by atoms with Crippen molar-refractivity contribution in [1.29, 1.82) is 0 Å². The third kappa shape index (κ3) is 8.60. The number of rotatable bonds is 13. The summed E-state index contributed by atoms with van der Waals surface area (Å²) < 4.78 is 37.9. The number of aliphatic hydroxyl groups is 2. The Morgan fingerprint density at radius 2 is 1.98 bits per heavy atom. The number of nitrogens with zero attached hydrogens (tertiary/aromatic N) is 2. The predicted molar refractivity (Wildman–Crippen MR) is 151 cm³/mol. The van der Waals surface area contributed by atoms with Gasteiger partial charge < -0.3 is 29.9 Å². The van der Waals surface area contributed by atoms with Crippen LogP contribution in [0.2, 0.25) is 0 Å². The first-order valence-electron chi connectivity index (χ1n) is 13.5. The molecule has 1 aliphatic heterocycles. The number of benzene rings is 1. The van der Waals surface area contributed by atoms with Crippen LogP contribution in [0.1, 0.15) is 60.1 Å². The van der Waals surface area contributed by atoms with Crippen molar-refractivity contribution in [3.05, 3.63) is 53.1 Å². The van der Waals surface area contributed by atoms with E-state index in [9.17, 15) is 24.4 Å². The number of nitrogens with two attached hydrogens (primary N) is 1. The van der Waals surface area contributed by atoms with Crippen molar-refractivity contribution in [2.45, 2.75) is 84.0 Å². The molecule has 1 aromatic heterocycles. The van der Waals surface area contributed by atoms with Crippen LogP contribution < -0.4 is 21.0 Å². The Balaban J connectivity index is 1.81. The number of unbranched alkanes of at least 4 members (excludes halogenated alkanes) is 1. The van der Waals surface area contributed by atoms with Gasteiger partial charge >= 0.3 is 19.4 Å². The topological polar surface area (TPSA) is 184 Å². The van der Waals surface area contributed by atoms with E-state index < -0.39 is 61.5 Å². The number of para-hydroxylation sites is 1. The van der Waals surface area contributed by atoms with Gasteiger partial charge in [0.1, 0.15) is 36.0 Å². The highest BCUT2D eigenvalue weighted by molar-refractivity contribution is 7.52. The molecule has 14 heteroatoms. The Bertz CT molecular complexity index is 1270. The first-order chi connectivity index (χ1) is 19.2. The molecule has 1 unspecified atom stereocenters. The van der Waals surface area contributed by atoms with Crippen molar-refractivity contribution in [3.8, 4) is 5.75 Å². The maximum Gasteiger partial charge on any atom is 0.459 e. The van der Waals surface area contributed by atoms with E-state index in [1.54, 1.807) is 51.1 Å². The van der Waals surface area contributed by atoms with Crippen LogP contribution in [0.25, 0.3) is 0 Å². The number of esters is 1. The molecule has 41 heavy (non-hydrogen) atoms. The number of ether oxygens (including phenoxy) is 2. The van der Waals surface area contributed by atoms with Gasteiger partial charge in [-0.15, -0.1) is 0 Å². The average molecular weight is 597 g/mol. The van der Waals surface area contributed by atoms with Gasteiger partial charge in [0.2, 0.25) is 0 Å². The first-order valence-corrected chi connectivity index (χ1v) is 15.1. The smallest absolute Gasteiger partial charge is 0.459 e. The van der Waals surface area contributed by atoms with E-state index in [0.29, 0.717) is 6.42 Å². The van der Waals surface area contributed by atoms with Crippen molar-refractivity contribution in [1.82, 2.24) is 14.6 Å². The second-order valence-electron chi connectivity index (χ2n) is 11.3. The van der Waals surface area contributed by atoms with Gasteiger partial charge in [-0.05, 0) is 52.3 Å². The van der Waals surface area contributed by atoms with Crippen LogP contribution in [0, 0.1) is 5.41 Å². The molecule has 0 spiro atoms. The van der Waals surface area contributed by atoms with E-state index in [1.807, 2.05) is 6.92 Å². The predicted octanol–water partition coefficient (Wildman–Crippen LogP) is 2.78. The van der Waals surface area contributed by atoms with Crippen LogP contribution in [-0.2, 0) is 23.4 Å². The maximum atomic E-state index is 14.1. The molecule has 5 N–H and O–H groups in total. The van der Waals surface area contributed by atoms with Gasteiger partial charge in [-0.2, -0.15) is 4.98 Å². The molecule has 0 aliphatic carbocycles. The summed E-state index contributed by atoms with van der Waals surface area (Å²) in [6, 6.07) is 9.13. The van der Waals surface area contributed by atoms with Crippen molar-refractivity contribution >= 4 is 19.5 Å².